The van der Waals surface area contributed by atoms with Gasteiger partial charge in [-0.1, -0.05) is 30.3 Å². The van der Waals surface area contributed by atoms with Crippen LogP contribution < -0.4 is 10.2 Å². The van der Waals surface area contributed by atoms with Crippen molar-refractivity contribution in [3.8, 4) is 0 Å². The van der Waals surface area contributed by atoms with Crippen molar-refractivity contribution in [3.63, 3.8) is 0 Å². The van der Waals surface area contributed by atoms with Crippen LogP contribution in [0.1, 0.15) is 31.2 Å². The highest BCUT2D eigenvalue weighted by molar-refractivity contribution is 5.13. The van der Waals surface area contributed by atoms with Crippen LogP contribution in [0.15, 0.2) is 30.3 Å². The average molecular weight is 232 g/mol. The van der Waals surface area contributed by atoms with Crippen molar-refractivity contribution in [2.24, 2.45) is 0 Å². The van der Waals surface area contributed by atoms with E-state index in [4.69, 9.17) is 0 Å². The molecule has 2 bridgehead atoms. The number of nitrogens with one attached hydrogen (secondary N) is 1. The van der Waals surface area contributed by atoms with E-state index >= 15 is 0 Å². The van der Waals surface area contributed by atoms with Crippen molar-refractivity contribution >= 4 is 0 Å². The zero-order valence-electron chi connectivity index (χ0n) is 10.7. The summed E-state index contributed by atoms with van der Waals surface area (Å²) in [4.78, 5) is 1.81. The van der Waals surface area contributed by atoms with E-state index in [-0.39, 0.29) is 0 Å². The molecule has 2 heteroatoms. The zero-order chi connectivity index (χ0) is 11.7. The lowest BCUT2D eigenvalue weighted by Crippen LogP contribution is -3.17. The smallest absolute Gasteiger partial charge is 0.101 e. The maximum absolute atomic E-state index is 2.58. The predicted octanol–water partition coefficient (Wildman–Crippen LogP) is -0.0419. The van der Waals surface area contributed by atoms with Gasteiger partial charge in [-0.15, -0.1) is 0 Å². The summed E-state index contributed by atoms with van der Waals surface area (Å²) in [6.45, 7) is 1.16. The molecule has 2 heterocycles. The molecule has 2 aliphatic rings. The fourth-order valence-corrected chi connectivity index (χ4v) is 3.73. The third kappa shape index (κ3) is 2.38. The summed E-state index contributed by atoms with van der Waals surface area (Å²) in [6, 6.07) is 13.6. The van der Waals surface area contributed by atoms with E-state index in [1.807, 2.05) is 4.90 Å². The van der Waals surface area contributed by atoms with Gasteiger partial charge in [0.05, 0.1) is 38.0 Å². The highest BCUT2D eigenvalue weighted by Crippen LogP contribution is 2.20. The molecular formula is C15H24N2+2. The van der Waals surface area contributed by atoms with E-state index in [1.165, 1.54) is 31.2 Å². The van der Waals surface area contributed by atoms with Gasteiger partial charge in [0.1, 0.15) is 6.54 Å². The van der Waals surface area contributed by atoms with E-state index in [1.54, 1.807) is 0 Å². The van der Waals surface area contributed by atoms with E-state index in [2.05, 4.69) is 42.7 Å². The number of piperidine rings is 1. The third-order valence-corrected chi connectivity index (χ3v) is 4.86. The van der Waals surface area contributed by atoms with E-state index in [9.17, 15) is 0 Å². The lowest BCUT2D eigenvalue weighted by atomic mass is 9.98. The van der Waals surface area contributed by atoms with Gasteiger partial charge >= 0.3 is 0 Å². The molecule has 3 N–H and O–H groups in total. The predicted molar refractivity (Wildman–Crippen MR) is 68.8 cm³/mol. The highest BCUT2D eigenvalue weighted by Gasteiger charge is 2.43. The van der Waals surface area contributed by atoms with Gasteiger partial charge in [0, 0.05) is 18.4 Å². The molecule has 2 aliphatic heterocycles. The first-order valence-corrected chi connectivity index (χ1v) is 7.03. The molecule has 2 saturated heterocycles. The van der Waals surface area contributed by atoms with Gasteiger partial charge in [0.15, 0.2) is 0 Å². The molecule has 0 saturated carbocycles. The molecule has 1 aromatic carbocycles. The van der Waals surface area contributed by atoms with E-state index < -0.39 is 0 Å². The van der Waals surface area contributed by atoms with Crippen LogP contribution in [0.5, 0.6) is 0 Å². The first-order valence-electron chi connectivity index (χ1n) is 7.03. The van der Waals surface area contributed by atoms with Crippen molar-refractivity contribution < 1.29 is 10.2 Å². The molecule has 1 aromatic rings. The van der Waals surface area contributed by atoms with Crippen LogP contribution in [0.3, 0.4) is 0 Å². The molecule has 0 spiro atoms. The van der Waals surface area contributed by atoms with Gasteiger partial charge < -0.3 is 10.2 Å². The summed E-state index contributed by atoms with van der Waals surface area (Å²) >= 11 is 0. The third-order valence-electron chi connectivity index (χ3n) is 4.86. The molecule has 2 unspecified atom stereocenters. The largest absolute Gasteiger partial charge is 0.340 e. The molecule has 92 valence electrons. The van der Waals surface area contributed by atoms with Crippen LogP contribution in [0.2, 0.25) is 0 Å². The maximum Gasteiger partial charge on any atom is 0.101 e. The molecule has 0 aromatic heterocycles. The molecular weight excluding hydrogens is 208 g/mol. The van der Waals surface area contributed by atoms with Crippen molar-refractivity contribution in [1.29, 1.82) is 0 Å². The second-order valence-corrected chi connectivity index (χ2v) is 5.87. The van der Waals surface area contributed by atoms with Crippen molar-refractivity contribution in [2.45, 2.75) is 50.4 Å². The average Bonchev–Trinajstić information content (AvgIpc) is 2.61. The minimum atomic E-state index is 0.872. The molecule has 0 amide bonds. The summed E-state index contributed by atoms with van der Waals surface area (Å²) in [5, 5.41) is 2.58. The molecule has 3 rings (SSSR count). The Morgan fingerprint density at radius 3 is 2.41 bits per heavy atom. The second-order valence-electron chi connectivity index (χ2n) is 5.87. The Kier molecular flexibility index (Phi) is 3.17. The Labute approximate surface area is 104 Å². The van der Waals surface area contributed by atoms with Crippen LogP contribution in [0, 0.1) is 0 Å². The number of hydrogen-bond donors (Lipinski definition) is 2. The Bertz CT molecular complexity index is 348. The van der Waals surface area contributed by atoms with Gasteiger partial charge in [-0.25, -0.2) is 0 Å². The molecule has 2 fully saturated rings. The molecule has 17 heavy (non-hydrogen) atoms. The van der Waals surface area contributed by atoms with Crippen LogP contribution in [-0.4, -0.2) is 25.2 Å². The number of benzene rings is 1. The second kappa shape index (κ2) is 4.79. The van der Waals surface area contributed by atoms with Gasteiger partial charge in [-0.2, -0.15) is 0 Å². The Balaban J connectivity index is 1.54. The normalized spacial score (nSPS) is 36.1. The first-order chi connectivity index (χ1) is 8.33. The van der Waals surface area contributed by atoms with Crippen LogP contribution in [0.25, 0.3) is 0 Å². The monoisotopic (exact) mass is 232 g/mol. The summed E-state index contributed by atoms with van der Waals surface area (Å²) in [5.74, 6) is 0. The minimum absolute atomic E-state index is 0.872. The van der Waals surface area contributed by atoms with Crippen LogP contribution >= 0.6 is 0 Å². The highest BCUT2D eigenvalue weighted by atomic mass is 15.2. The topological polar surface area (TPSA) is 21.1 Å². The number of fused-ring (bicyclic) bond motifs is 2. The maximum atomic E-state index is 2.58. The van der Waals surface area contributed by atoms with E-state index in [0.29, 0.717) is 0 Å². The van der Waals surface area contributed by atoms with Crippen LogP contribution in [0.4, 0.5) is 0 Å². The number of quaternary nitrogens is 2. The summed E-state index contributed by atoms with van der Waals surface area (Å²) < 4.78 is 0. The molecule has 0 aliphatic carbocycles. The summed E-state index contributed by atoms with van der Waals surface area (Å²) in [6.07, 6.45) is 5.78. The fraction of sp³-hybridized carbons (Fsp3) is 0.600. The standard InChI is InChI=1S/C15H22N2/c1-17-14-7-8-15(17)10-13(9-14)16-11-12-5-3-2-4-6-12/h2-6,13-16H,7-11H2,1H3/p+2. The van der Waals surface area contributed by atoms with Crippen molar-refractivity contribution in [2.75, 3.05) is 7.05 Å². The van der Waals surface area contributed by atoms with Crippen LogP contribution in [-0.2, 0) is 6.54 Å². The van der Waals surface area contributed by atoms with Gasteiger partial charge in [0.2, 0.25) is 0 Å². The quantitative estimate of drug-likeness (QED) is 0.730. The zero-order valence-corrected chi connectivity index (χ0v) is 10.7. The Hall–Kier alpha value is -0.860. The summed E-state index contributed by atoms with van der Waals surface area (Å²) in [7, 11) is 2.40. The first kappa shape index (κ1) is 11.2. The lowest BCUT2D eigenvalue weighted by Gasteiger charge is -2.32. The van der Waals surface area contributed by atoms with Crippen molar-refractivity contribution in [3.05, 3.63) is 35.9 Å². The number of rotatable bonds is 3. The summed E-state index contributed by atoms with van der Waals surface area (Å²) in [5.41, 5.74) is 1.46. The van der Waals surface area contributed by atoms with Gasteiger partial charge in [0.25, 0.3) is 0 Å². The Morgan fingerprint density at radius 2 is 1.76 bits per heavy atom. The fourth-order valence-electron chi connectivity index (χ4n) is 3.73. The van der Waals surface area contributed by atoms with Gasteiger partial charge in [-0.05, 0) is 0 Å². The molecule has 2 atom stereocenters. The number of nitrogens with two attached hydrogens (primary N) is 1. The lowest BCUT2D eigenvalue weighted by molar-refractivity contribution is -0.931. The van der Waals surface area contributed by atoms with Gasteiger partial charge in [-0.3, -0.25) is 0 Å². The molecule has 0 radical (unpaired) electrons. The Morgan fingerprint density at radius 1 is 1.12 bits per heavy atom. The van der Waals surface area contributed by atoms with Crippen molar-refractivity contribution in [1.82, 2.24) is 0 Å². The number of hydrogen-bond acceptors (Lipinski definition) is 0. The molecule has 2 nitrogen and oxygen atoms in total. The minimum Gasteiger partial charge on any atom is -0.340 e. The SMILES string of the molecule is C[NH+]1C2CCC1CC([NH2+]Cc1ccccc1)C2. The van der Waals surface area contributed by atoms with E-state index in [0.717, 1.165) is 24.7 Å².